The summed E-state index contributed by atoms with van der Waals surface area (Å²) in [5.41, 5.74) is -0.208. The smallest absolute Gasteiger partial charge is 0.416 e. The SMILES string of the molecule is CCOC(=O)c1csc(Cc2cc(C(F)(F)F)ccc2OCC(C)C)n1. The molecule has 4 nitrogen and oxygen atoms in total. The maximum Gasteiger partial charge on any atom is 0.416 e. The van der Waals surface area contributed by atoms with E-state index in [0.717, 1.165) is 12.1 Å². The van der Waals surface area contributed by atoms with Gasteiger partial charge in [0.05, 0.1) is 23.8 Å². The van der Waals surface area contributed by atoms with Crippen molar-refractivity contribution in [1.29, 1.82) is 0 Å². The molecule has 0 unspecified atom stereocenters. The Morgan fingerprint density at radius 1 is 1.31 bits per heavy atom. The van der Waals surface area contributed by atoms with Crippen LogP contribution in [0.5, 0.6) is 5.75 Å². The molecule has 26 heavy (non-hydrogen) atoms. The van der Waals surface area contributed by atoms with Crippen LogP contribution >= 0.6 is 11.3 Å². The van der Waals surface area contributed by atoms with Crippen molar-refractivity contribution < 1.29 is 27.4 Å². The number of aromatic nitrogens is 1. The van der Waals surface area contributed by atoms with Crippen molar-refractivity contribution >= 4 is 17.3 Å². The van der Waals surface area contributed by atoms with Crippen molar-refractivity contribution in [2.24, 2.45) is 5.92 Å². The average molecular weight is 387 g/mol. The minimum Gasteiger partial charge on any atom is -0.493 e. The van der Waals surface area contributed by atoms with Crippen LogP contribution in [0.4, 0.5) is 13.2 Å². The molecule has 0 atom stereocenters. The summed E-state index contributed by atoms with van der Waals surface area (Å²) in [6.45, 7) is 6.22. The van der Waals surface area contributed by atoms with Crippen LogP contribution < -0.4 is 4.74 Å². The number of rotatable bonds is 7. The van der Waals surface area contributed by atoms with Crippen LogP contribution in [0.1, 0.15) is 47.4 Å². The summed E-state index contributed by atoms with van der Waals surface area (Å²) >= 11 is 1.20. The van der Waals surface area contributed by atoms with Gasteiger partial charge in [-0.15, -0.1) is 11.3 Å². The first-order chi connectivity index (χ1) is 12.2. The minimum atomic E-state index is -4.44. The lowest BCUT2D eigenvalue weighted by Gasteiger charge is -2.15. The van der Waals surface area contributed by atoms with Crippen LogP contribution in [0.15, 0.2) is 23.6 Å². The van der Waals surface area contributed by atoms with E-state index >= 15 is 0 Å². The summed E-state index contributed by atoms with van der Waals surface area (Å²) in [6.07, 6.45) is -4.30. The number of hydrogen-bond donors (Lipinski definition) is 0. The molecule has 0 radical (unpaired) electrons. The Morgan fingerprint density at radius 3 is 2.65 bits per heavy atom. The second kappa shape index (κ2) is 8.53. The van der Waals surface area contributed by atoms with E-state index in [1.54, 1.807) is 6.92 Å². The number of ether oxygens (including phenoxy) is 2. The lowest BCUT2D eigenvalue weighted by molar-refractivity contribution is -0.137. The Kier molecular flexibility index (Phi) is 6.63. The highest BCUT2D eigenvalue weighted by molar-refractivity contribution is 7.09. The molecule has 0 fully saturated rings. The number of nitrogens with zero attached hydrogens (tertiary/aromatic N) is 1. The zero-order valence-electron chi connectivity index (χ0n) is 14.7. The molecule has 1 heterocycles. The highest BCUT2D eigenvalue weighted by Gasteiger charge is 2.31. The summed E-state index contributed by atoms with van der Waals surface area (Å²) in [7, 11) is 0. The van der Waals surface area contributed by atoms with E-state index in [9.17, 15) is 18.0 Å². The Morgan fingerprint density at radius 2 is 2.04 bits per heavy atom. The maximum atomic E-state index is 13.0. The Bertz CT molecular complexity index is 756. The topological polar surface area (TPSA) is 48.4 Å². The normalized spacial score (nSPS) is 11.7. The standard InChI is InChI=1S/C18H20F3NO3S/c1-4-24-17(23)14-10-26-16(22-14)8-12-7-13(18(19,20)21)5-6-15(12)25-9-11(2)3/h5-7,10-11H,4,8-9H2,1-3H3. The van der Waals surface area contributed by atoms with E-state index < -0.39 is 17.7 Å². The molecule has 0 aliphatic carbocycles. The van der Waals surface area contributed by atoms with Gasteiger partial charge >= 0.3 is 12.1 Å². The van der Waals surface area contributed by atoms with Crippen LogP contribution in [0.3, 0.4) is 0 Å². The molecule has 2 aromatic rings. The third kappa shape index (κ3) is 5.45. The highest BCUT2D eigenvalue weighted by Crippen LogP contribution is 2.34. The van der Waals surface area contributed by atoms with Gasteiger partial charge in [-0.25, -0.2) is 9.78 Å². The summed E-state index contributed by atoms with van der Waals surface area (Å²) in [4.78, 5) is 15.8. The van der Waals surface area contributed by atoms with Crippen molar-refractivity contribution in [3.8, 4) is 5.75 Å². The van der Waals surface area contributed by atoms with Crippen molar-refractivity contribution in [1.82, 2.24) is 4.98 Å². The fourth-order valence-corrected chi connectivity index (χ4v) is 2.93. The summed E-state index contributed by atoms with van der Waals surface area (Å²) in [5, 5.41) is 2.05. The van der Waals surface area contributed by atoms with E-state index in [-0.39, 0.29) is 24.6 Å². The summed E-state index contributed by atoms with van der Waals surface area (Å²) in [6, 6.07) is 3.41. The van der Waals surface area contributed by atoms with Crippen molar-refractivity contribution in [2.75, 3.05) is 13.2 Å². The van der Waals surface area contributed by atoms with E-state index in [1.165, 1.54) is 22.8 Å². The molecule has 0 saturated heterocycles. The van der Waals surface area contributed by atoms with Crippen molar-refractivity contribution in [3.63, 3.8) is 0 Å². The fourth-order valence-electron chi connectivity index (χ4n) is 2.14. The zero-order chi connectivity index (χ0) is 19.3. The van der Waals surface area contributed by atoms with Gasteiger partial charge in [-0.05, 0) is 31.0 Å². The molecule has 8 heteroatoms. The van der Waals surface area contributed by atoms with E-state index in [2.05, 4.69) is 4.98 Å². The molecule has 0 aliphatic rings. The van der Waals surface area contributed by atoms with Gasteiger partial charge in [-0.3, -0.25) is 0 Å². The number of thiazole rings is 1. The van der Waals surface area contributed by atoms with Crippen LogP contribution in [0, 0.1) is 5.92 Å². The number of carbonyl (C=O) groups is 1. The lowest BCUT2D eigenvalue weighted by Crippen LogP contribution is -2.10. The number of carbonyl (C=O) groups excluding carboxylic acids is 1. The summed E-state index contributed by atoms with van der Waals surface area (Å²) in [5.74, 6) is 0.0790. The Balaban J connectivity index is 2.28. The maximum absolute atomic E-state index is 13.0. The third-order valence-electron chi connectivity index (χ3n) is 3.34. The zero-order valence-corrected chi connectivity index (χ0v) is 15.5. The Hall–Kier alpha value is -2.09. The van der Waals surface area contributed by atoms with Gasteiger partial charge in [-0.2, -0.15) is 13.2 Å². The number of benzene rings is 1. The molecule has 0 aliphatic heterocycles. The van der Waals surface area contributed by atoms with E-state index in [1.807, 2.05) is 13.8 Å². The molecule has 1 aromatic heterocycles. The van der Waals surface area contributed by atoms with Crippen LogP contribution in [-0.4, -0.2) is 24.2 Å². The molecule has 1 aromatic carbocycles. The number of alkyl halides is 3. The molecule has 0 amide bonds. The number of halogens is 3. The molecule has 0 spiro atoms. The molecule has 0 bridgehead atoms. The quantitative estimate of drug-likeness (QED) is 0.630. The van der Waals surface area contributed by atoms with Gasteiger partial charge < -0.3 is 9.47 Å². The van der Waals surface area contributed by atoms with Gasteiger partial charge in [0.2, 0.25) is 0 Å². The highest BCUT2D eigenvalue weighted by atomic mass is 32.1. The first-order valence-electron chi connectivity index (χ1n) is 8.15. The Labute approximate surface area is 154 Å². The minimum absolute atomic E-state index is 0.140. The number of hydrogen-bond acceptors (Lipinski definition) is 5. The van der Waals surface area contributed by atoms with Crippen LogP contribution in [0.25, 0.3) is 0 Å². The average Bonchev–Trinajstić information content (AvgIpc) is 3.01. The molecule has 0 saturated carbocycles. The first-order valence-corrected chi connectivity index (χ1v) is 9.03. The van der Waals surface area contributed by atoms with Gasteiger partial charge in [0.1, 0.15) is 5.75 Å². The van der Waals surface area contributed by atoms with Gasteiger partial charge in [-0.1, -0.05) is 13.8 Å². The van der Waals surface area contributed by atoms with E-state index in [4.69, 9.17) is 9.47 Å². The number of esters is 1. The van der Waals surface area contributed by atoms with Crippen LogP contribution in [-0.2, 0) is 17.3 Å². The van der Waals surface area contributed by atoms with E-state index in [0.29, 0.717) is 22.9 Å². The van der Waals surface area contributed by atoms with Gasteiger partial charge in [0.25, 0.3) is 0 Å². The molecule has 0 N–H and O–H groups in total. The largest absolute Gasteiger partial charge is 0.493 e. The second-order valence-corrected chi connectivity index (χ2v) is 6.99. The molecule has 142 valence electrons. The predicted octanol–water partition coefficient (Wildman–Crippen LogP) is 4.96. The lowest BCUT2D eigenvalue weighted by atomic mass is 10.1. The second-order valence-electron chi connectivity index (χ2n) is 6.05. The van der Waals surface area contributed by atoms with Crippen molar-refractivity contribution in [2.45, 2.75) is 33.4 Å². The van der Waals surface area contributed by atoms with Crippen LogP contribution in [0.2, 0.25) is 0 Å². The van der Waals surface area contributed by atoms with Gasteiger partial charge in [0, 0.05) is 17.4 Å². The molecular weight excluding hydrogens is 367 g/mol. The summed E-state index contributed by atoms with van der Waals surface area (Å²) < 4.78 is 49.6. The molecular formula is C18H20F3NO3S. The first kappa shape index (κ1) is 20.2. The van der Waals surface area contributed by atoms with Crippen molar-refractivity contribution in [3.05, 3.63) is 45.4 Å². The monoisotopic (exact) mass is 387 g/mol. The van der Waals surface area contributed by atoms with Gasteiger partial charge in [0.15, 0.2) is 5.69 Å². The molecule has 2 rings (SSSR count). The third-order valence-corrected chi connectivity index (χ3v) is 4.19. The fraction of sp³-hybridized carbons (Fsp3) is 0.444. The predicted molar refractivity (Wildman–Crippen MR) is 92.7 cm³/mol.